The van der Waals surface area contributed by atoms with Crippen LogP contribution in [0.25, 0.3) is 21.9 Å². The second-order valence-electron chi connectivity index (χ2n) is 8.86. The van der Waals surface area contributed by atoms with Crippen molar-refractivity contribution in [1.82, 2.24) is 9.88 Å². The third-order valence-electron chi connectivity index (χ3n) is 6.27. The number of carbonyl (C=O) groups excluding carboxylic acids is 1. The number of carboxylic acids is 1. The van der Waals surface area contributed by atoms with E-state index in [0.29, 0.717) is 22.1 Å². The maximum absolute atomic E-state index is 12.8. The Morgan fingerprint density at radius 1 is 1.14 bits per heavy atom. The van der Waals surface area contributed by atoms with Crippen molar-refractivity contribution in [3.8, 4) is 11.5 Å². The van der Waals surface area contributed by atoms with Crippen LogP contribution in [-0.2, 0) is 9.59 Å². The summed E-state index contributed by atoms with van der Waals surface area (Å²) in [5.74, 6) is -0.0160. The summed E-state index contributed by atoms with van der Waals surface area (Å²) in [5, 5.41) is 10.1. The minimum absolute atomic E-state index is 0.0321. The molecule has 3 aromatic rings. The van der Waals surface area contributed by atoms with E-state index in [-0.39, 0.29) is 31.0 Å². The van der Waals surface area contributed by atoms with Crippen LogP contribution in [0, 0.1) is 0 Å². The van der Waals surface area contributed by atoms with Gasteiger partial charge >= 0.3 is 5.97 Å². The number of aliphatic carboxylic acids is 1. The number of likely N-dealkylation sites (tertiary alicyclic amines) is 1. The summed E-state index contributed by atoms with van der Waals surface area (Å²) in [5.41, 5.74) is 2.21. The molecule has 7 nitrogen and oxygen atoms in total. The zero-order valence-electron chi connectivity index (χ0n) is 20.2. The van der Waals surface area contributed by atoms with Crippen molar-refractivity contribution < 1.29 is 24.2 Å². The lowest BCUT2D eigenvalue weighted by Gasteiger charge is -2.39. The van der Waals surface area contributed by atoms with E-state index in [0.717, 1.165) is 35.0 Å². The van der Waals surface area contributed by atoms with E-state index in [1.54, 1.807) is 18.2 Å². The lowest BCUT2D eigenvalue weighted by molar-refractivity contribution is -0.139. The van der Waals surface area contributed by atoms with Crippen LogP contribution in [0.1, 0.15) is 50.1 Å². The van der Waals surface area contributed by atoms with Gasteiger partial charge in [-0.05, 0) is 74.6 Å². The Hall–Kier alpha value is -3.39. The Labute approximate surface area is 209 Å². The molecule has 1 fully saturated rings. The summed E-state index contributed by atoms with van der Waals surface area (Å²) in [6.07, 6.45) is 4.81. The molecular weight excluding hydrogens is 464 g/mol. The average molecular weight is 495 g/mol. The highest BCUT2D eigenvalue weighted by Crippen LogP contribution is 2.33. The predicted molar refractivity (Wildman–Crippen MR) is 138 cm³/mol. The molecule has 1 aliphatic rings. The van der Waals surface area contributed by atoms with Gasteiger partial charge in [0.15, 0.2) is 18.1 Å². The zero-order chi connectivity index (χ0) is 24.9. The average Bonchev–Trinajstić information content (AvgIpc) is 3.26. The van der Waals surface area contributed by atoms with Crippen molar-refractivity contribution in [1.29, 1.82) is 0 Å². The maximum atomic E-state index is 12.8. The summed E-state index contributed by atoms with van der Waals surface area (Å²) in [4.78, 5) is 30.9. The molecule has 184 valence electrons. The normalized spacial score (nSPS) is 18.5. The molecule has 35 heavy (non-hydrogen) atoms. The number of methoxy groups -OCH3 is 1. The van der Waals surface area contributed by atoms with Crippen molar-refractivity contribution in [2.75, 3.05) is 13.7 Å². The quantitative estimate of drug-likeness (QED) is 0.446. The van der Waals surface area contributed by atoms with Gasteiger partial charge in [-0.2, -0.15) is 0 Å². The highest BCUT2D eigenvalue weighted by molar-refractivity contribution is 7.19. The van der Waals surface area contributed by atoms with E-state index >= 15 is 0 Å². The van der Waals surface area contributed by atoms with Gasteiger partial charge in [-0.25, -0.2) is 4.98 Å². The first-order valence-electron chi connectivity index (χ1n) is 11.8. The molecule has 8 heteroatoms. The summed E-state index contributed by atoms with van der Waals surface area (Å²) < 4.78 is 12.4. The molecule has 2 unspecified atom stereocenters. The topological polar surface area (TPSA) is 89.0 Å². The second kappa shape index (κ2) is 10.9. The van der Waals surface area contributed by atoms with Gasteiger partial charge in [0, 0.05) is 12.1 Å². The smallest absolute Gasteiger partial charge is 0.307 e. The number of hydrogen-bond acceptors (Lipinski definition) is 6. The van der Waals surface area contributed by atoms with Crippen LogP contribution in [0.4, 0.5) is 0 Å². The Morgan fingerprint density at radius 2 is 1.89 bits per heavy atom. The Balaban J connectivity index is 1.55. The fourth-order valence-electron chi connectivity index (χ4n) is 4.58. The van der Waals surface area contributed by atoms with Gasteiger partial charge in [0.1, 0.15) is 5.01 Å². The number of fused-ring (bicyclic) bond motifs is 1. The van der Waals surface area contributed by atoms with E-state index in [9.17, 15) is 14.7 Å². The number of carboxylic acid groups (broad SMARTS) is 1. The first-order chi connectivity index (χ1) is 16.9. The molecule has 2 atom stereocenters. The number of ether oxygens (including phenoxy) is 2. The Kier molecular flexibility index (Phi) is 7.70. The lowest BCUT2D eigenvalue weighted by Crippen LogP contribution is -2.49. The summed E-state index contributed by atoms with van der Waals surface area (Å²) in [6.45, 7) is 4.10. The van der Waals surface area contributed by atoms with E-state index in [1.165, 1.54) is 18.4 Å². The van der Waals surface area contributed by atoms with Crippen LogP contribution < -0.4 is 9.47 Å². The predicted octanol–water partition coefficient (Wildman–Crippen LogP) is 5.49. The van der Waals surface area contributed by atoms with Crippen molar-refractivity contribution in [3.63, 3.8) is 0 Å². The highest BCUT2D eigenvalue weighted by atomic mass is 32.1. The molecule has 1 aliphatic heterocycles. The van der Waals surface area contributed by atoms with Crippen LogP contribution in [0.3, 0.4) is 0 Å². The first kappa shape index (κ1) is 24.7. The molecule has 0 radical (unpaired) electrons. The second-order valence-corrected chi connectivity index (χ2v) is 9.89. The van der Waals surface area contributed by atoms with Gasteiger partial charge in [-0.1, -0.05) is 18.2 Å². The minimum atomic E-state index is -0.929. The van der Waals surface area contributed by atoms with Crippen LogP contribution in [0.15, 0.2) is 42.5 Å². The number of thiazole rings is 1. The molecule has 2 heterocycles. The molecule has 0 bridgehead atoms. The fraction of sp³-hybridized carbons (Fsp3) is 0.370. The number of nitrogens with zero attached hydrogens (tertiary/aromatic N) is 2. The van der Waals surface area contributed by atoms with Crippen LogP contribution >= 0.6 is 11.3 Å². The molecule has 0 spiro atoms. The summed E-state index contributed by atoms with van der Waals surface area (Å²) in [6, 6.07) is 13.5. The third-order valence-corrected chi connectivity index (χ3v) is 7.38. The molecular formula is C27H30N2O5S. The molecule has 1 amide bonds. The molecule has 4 rings (SSSR count). The van der Waals surface area contributed by atoms with E-state index < -0.39 is 5.97 Å². The standard InChI is InChI=1S/C27H30N2O5S/c1-17-7-6-8-18(2)29(17)25(30)16-34-22-12-11-19(14-23(22)33-3)13-20(15-26(31)32)27-28-21-9-4-5-10-24(21)35-27/h4-5,9-14,17-18H,6-8,15-16H2,1-3H3,(H,31,32)/b20-13+. The minimum Gasteiger partial charge on any atom is -0.493 e. The number of amides is 1. The number of piperidine rings is 1. The van der Waals surface area contributed by atoms with Crippen LogP contribution in [0.5, 0.6) is 11.5 Å². The summed E-state index contributed by atoms with van der Waals surface area (Å²) >= 11 is 1.46. The van der Waals surface area contributed by atoms with Gasteiger partial charge in [-0.3, -0.25) is 9.59 Å². The van der Waals surface area contributed by atoms with Gasteiger partial charge in [-0.15, -0.1) is 11.3 Å². The molecule has 1 N–H and O–H groups in total. The molecule has 0 aliphatic carbocycles. The molecule has 1 aromatic heterocycles. The van der Waals surface area contributed by atoms with E-state index in [1.807, 2.05) is 35.2 Å². The molecule has 1 saturated heterocycles. The largest absolute Gasteiger partial charge is 0.493 e. The van der Waals surface area contributed by atoms with Gasteiger partial charge in [0.05, 0.1) is 23.7 Å². The third kappa shape index (κ3) is 5.82. The van der Waals surface area contributed by atoms with Crippen molar-refractivity contribution in [2.45, 2.75) is 51.6 Å². The lowest BCUT2D eigenvalue weighted by atomic mass is 9.97. The van der Waals surface area contributed by atoms with Crippen LogP contribution in [0.2, 0.25) is 0 Å². The monoisotopic (exact) mass is 494 g/mol. The zero-order valence-corrected chi connectivity index (χ0v) is 21.0. The van der Waals surface area contributed by atoms with E-state index in [4.69, 9.17) is 9.47 Å². The first-order valence-corrected chi connectivity index (χ1v) is 12.6. The number of para-hydroxylation sites is 1. The SMILES string of the molecule is COc1cc(/C=C(\CC(=O)O)c2nc3ccccc3s2)ccc1OCC(=O)N1C(C)CCCC1C. The highest BCUT2D eigenvalue weighted by Gasteiger charge is 2.29. The molecule has 2 aromatic carbocycles. The Bertz CT molecular complexity index is 1210. The van der Waals surface area contributed by atoms with E-state index in [2.05, 4.69) is 18.8 Å². The number of hydrogen-bond donors (Lipinski definition) is 1. The van der Waals surface area contributed by atoms with Crippen molar-refractivity contribution in [3.05, 3.63) is 53.0 Å². The number of rotatable bonds is 8. The van der Waals surface area contributed by atoms with Crippen LogP contribution in [-0.4, -0.2) is 52.7 Å². The fourth-order valence-corrected chi connectivity index (χ4v) is 5.56. The Morgan fingerprint density at radius 3 is 2.57 bits per heavy atom. The van der Waals surface area contributed by atoms with Crippen molar-refractivity contribution >= 4 is 45.1 Å². The van der Waals surface area contributed by atoms with Gasteiger partial charge < -0.3 is 19.5 Å². The number of aromatic nitrogens is 1. The van der Waals surface area contributed by atoms with Gasteiger partial charge in [0.25, 0.3) is 5.91 Å². The van der Waals surface area contributed by atoms with Crippen molar-refractivity contribution in [2.24, 2.45) is 0 Å². The summed E-state index contributed by atoms with van der Waals surface area (Å²) in [7, 11) is 1.54. The molecule has 0 saturated carbocycles. The number of benzene rings is 2. The van der Waals surface area contributed by atoms with Gasteiger partial charge in [0.2, 0.25) is 0 Å². The number of carbonyl (C=O) groups is 2. The maximum Gasteiger partial charge on any atom is 0.307 e.